The van der Waals surface area contributed by atoms with Crippen LogP contribution in [0.2, 0.25) is 0 Å². The molecule has 7 rings (SSSR count). The van der Waals surface area contributed by atoms with Crippen LogP contribution in [0.15, 0.2) is 150 Å². The third-order valence-corrected chi connectivity index (χ3v) is 12.4. The summed E-state index contributed by atoms with van der Waals surface area (Å²) in [5.41, 5.74) is 6.82. The van der Waals surface area contributed by atoms with Gasteiger partial charge in [0.1, 0.15) is 21.2 Å². The van der Waals surface area contributed by atoms with Crippen molar-refractivity contribution in [2.45, 2.75) is 19.6 Å². The minimum absolute atomic E-state index is 0.00159. The molecule has 2 aliphatic carbocycles. The summed E-state index contributed by atoms with van der Waals surface area (Å²) in [6.45, 7) is 0. The normalized spacial score (nSPS) is 15.3. The number of hydrazone groups is 2. The number of nitrogens with zero attached hydrogens (tertiary/aromatic N) is 2. The Morgan fingerprint density at radius 1 is 0.600 bits per heavy atom. The van der Waals surface area contributed by atoms with Crippen molar-refractivity contribution in [3.8, 4) is 0 Å². The summed E-state index contributed by atoms with van der Waals surface area (Å²) >= 11 is 1.40. The number of hydrogen-bond acceptors (Lipinski definition) is 14. The maximum absolute atomic E-state index is 13.0. The van der Waals surface area contributed by atoms with E-state index in [2.05, 4.69) is 26.4 Å². The number of benzene rings is 5. The van der Waals surface area contributed by atoms with Crippen LogP contribution in [-0.4, -0.2) is 67.8 Å². The summed E-state index contributed by atoms with van der Waals surface area (Å²) in [7, 11) is -14.2. The molecule has 0 spiro atoms. The van der Waals surface area contributed by atoms with Crippen molar-refractivity contribution in [1.82, 2.24) is 0 Å². The molecule has 0 fully saturated rings. The summed E-state index contributed by atoms with van der Waals surface area (Å²) in [4.78, 5) is 38.5. The first-order valence-electron chi connectivity index (χ1n) is 17.0. The largest absolute Gasteiger partial charge is 0.322 e. The quantitative estimate of drug-likeness (QED) is 0.0667. The van der Waals surface area contributed by atoms with E-state index in [1.807, 2.05) is 0 Å². The lowest BCUT2D eigenvalue weighted by Crippen LogP contribution is -2.27. The zero-order valence-corrected chi connectivity index (χ0v) is 33.4. The second kappa shape index (κ2) is 16.2. The van der Waals surface area contributed by atoms with E-state index in [1.54, 1.807) is 72.8 Å². The minimum atomic E-state index is -5.02. The molecule has 0 aromatic heterocycles. The lowest BCUT2D eigenvalue weighted by molar-refractivity contribution is -0.109. The van der Waals surface area contributed by atoms with Crippen molar-refractivity contribution in [3.05, 3.63) is 148 Å². The van der Waals surface area contributed by atoms with Crippen LogP contribution in [0.5, 0.6) is 0 Å². The number of nitrogens with one attached hydrogen (secondary N) is 3. The van der Waals surface area contributed by atoms with Gasteiger partial charge in [-0.1, -0.05) is 36.0 Å². The van der Waals surface area contributed by atoms with Crippen LogP contribution < -0.4 is 16.2 Å². The summed E-state index contributed by atoms with van der Waals surface area (Å²) in [6, 6.07) is 27.2. The highest BCUT2D eigenvalue weighted by Crippen LogP contribution is 2.31. The molecule has 304 valence electrons. The number of Topliss-reactive ketones (excluding diaryl/α,β-unsaturated/α-hetero) is 2. The maximum atomic E-state index is 13.0. The van der Waals surface area contributed by atoms with Crippen LogP contribution in [-0.2, 0) is 35.1 Å². The van der Waals surface area contributed by atoms with Crippen LogP contribution in [0.4, 0.5) is 17.1 Å². The van der Waals surface area contributed by atoms with Crippen molar-refractivity contribution in [2.24, 2.45) is 10.2 Å². The zero-order valence-electron chi connectivity index (χ0n) is 30.2. The predicted molar refractivity (Wildman–Crippen MR) is 223 cm³/mol. The molecular weight excluding hydrogens is 859 g/mol. The minimum Gasteiger partial charge on any atom is -0.322 e. The zero-order chi connectivity index (χ0) is 43.0. The van der Waals surface area contributed by atoms with Gasteiger partial charge in [-0.15, -0.1) is 0 Å². The Kier molecular flexibility index (Phi) is 11.2. The van der Waals surface area contributed by atoms with E-state index in [9.17, 15) is 53.3 Å². The van der Waals surface area contributed by atoms with Gasteiger partial charge in [0.05, 0.1) is 16.3 Å². The fraction of sp³-hybridized carbons (Fsp3) is 0. The molecule has 5 aromatic rings. The summed E-state index contributed by atoms with van der Waals surface area (Å²) < 4.78 is 98.9. The molecule has 0 bridgehead atoms. The maximum Gasteiger partial charge on any atom is 0.298 e. The third kappa shape index (κ3) is 9.16. The summed E-state index contributed by atoms with van der Waals surface area (Å²) in [6.07, 6.45) is 3.50. The van der Waals surface area contributed by atoms with Crippen LogP contribution in [0.1, 0.15) is 37.4 Å². The van der Waals surface area contributed by atoms with E-state index >= 15 is 0 Å². The average molecular weight is 886 g/mol. The Balaban J connectivity index is 0.947. The summed E-state index contributed by atoms with van der Waals surface area (Å²) in [5, 5.41) is 11.0. The number of amides is 1. The fourth-order valence-electron chi connectivity index (χ4n) is 5.87. The molecule has 60 heavy (non-hydrogen) atoms. The first-order valence-corrected chi connectivity index (χ1v) is 22.1. The van der Waals surface area contributed by atoms with Gasteiger partial charge in [0.15, 0.2) is 0 Å². The number of fused-ring (bicyclic) bond motifs is 2. The van der Waals surface area contributed by atoms with E-state index < -0.39 is 57.4 Å². The molecule has 1 amide bonds. The van der Waals surface area contributed by atoms with Gasteiger partial charge in [0.2, 0.25) is 11.6 Å². The standard InChI is InChI=1S/C39H27N5O12S4/c45-37-32-2-1-3-34(59(51,52)53)31(32)18-19-33(37)43-41-25-6-4-22(5-7-25)39(47)40-24-8-12-27(13-9-24)57-28-14-10-26(11-15-28)42-44-36-30-17-16-29(58(48,49)50)20-23(30)21-35(38(36)46)60(54,55)56/h1-21,41-42H,(H,40,47)(H,48,49,50)(H,51,52,53)(H,54,55,56)/b43-33-,44-36-. The Morgan fingerprint density at radius 2 is 1.20 bits per heavy atom. The molecule has 21 heteroatoms. The second-order valence-electron chi connectivity index (χ2n) is 12.8. The number of carbonyl (C=O) groups excluding carboxylic acids is 3. The first kappa shape index (κ1) is 41.6. The molecule has 6 N–H and O–H groups in total. The van der Waals surface area contributed by atoms with Gasteiger partial charge >= 0.3 is 0 Å². The first-order chi connectivity index (χ1) is 28.3. The van der Waals surface area contributed by atoms with E-state index in [0.29, 0.717) is 22.6 Å². The van der Waals surface area contributed by atoms with Crippen LogP contribution >= 0.6 is 11.8 Å². The Labute approximate surface area is 345 Å². The fourth-order valence-corrected chi connectivity index (χ4v) is 8.52. The smallest absolute Gasteiger partial charge is 0.298 e. The highest BCUT2D eigenvalue weighted by atomic mass is 32.2. The third-order valence-electron chi connectivity index (χ3n) is 8.76. The van der Waals surface area contributed by atoms with Crippen molar-refractivity contribution in [2.75, 3.05) is 16.2 Å². The highest BCUT2D eigenvalue weighted by Gasteiger charge is 2.34. The molecule has 2 aliphatic rings. The molecule has 0 unspecified atom stereocenters. The van der Waals surface area contributed by atoms with Gasteiger partial charge in [-0.3, -0.25) is 38.9 Å². The van der Waals surface area contributed by atoms with Crippen LogP contribution in [0, 0.1) is 0 Å². The van der Waals surface area contributed by atoms with Gasteiger partial charge in [-0.2, -0.15) is 35.5 Å². The molecule has 0 aliphatic heterocycles. The molecule has 5 aromatic carbocycles. The monoisotopic (exact) mass is 885 g/mol. The lowest BCUT2D eigenvalue weighted by Gasteiger charge is -2.17. The van der Waals surface area contributed by atoms with Crippen molar-refractivity contribution in [3.63, 3.8) is 0 Å². The number of anilines is 3. The Bertz CT molecular complexity index is 3090. The molecule has 0 radical (unpaired) electrons. The van der Waals surface area contributed by atoms with Crippen LogP contribution in [0.25, 0.3) is 12.2 Å². The molecular formula is C39H27N5O12S4. The van der Waals surface area contributed by atoms with Gasteiger partial charge in [0.25, 0.3) is 36.3 Å². The van der Waals surface area contributed by atoms with Gasteiger partial charge in [-0.25, -0.2) is 0 Å². The topological polar surface area (TPSA) is 275 Å². The average Bonchev–Trinajstić information content (AvgIpc) is 3.20. The molecule has 0 atom stereocenters. The number of carbonyl (C=O) groups is 3. The van der Waals surface area contributed by atoms with Crippen molar-refractivity contribution < 1.29 is 53.3 Å². The number of hydrogen-bond donors (Lipinski definition) is 6. The van der Waals surface area contributed by atoms with E-state index in [-0.39, 0.29) is 38.8 Å². The van der Waals surface area contributed by atoms with Gasteiger partial charge in [0, 0.05) is 37.7 Å². The number of allylic oxidation sites excluding steroid dienone is 2. The number of rotatable bonds is 11. The van der Waals surface area contributed by atoms with Gasteiger partial charge in [-0.05, 0) is 109 Å². The highest BCUT2D eigenvalue weighted by molar-refractivity contribution is 7.99. The molecule has 0 saturated carbocycles. The predicted octanol–water partition coefficient (Wildman–Crippen LogP) is 5.89. The van der Waals surface area contributed by atoms with E-state index in [1.165, 1.54) is 48.2 Å². The van der Waals surface area contributed by atoms with Crippen molar-refractivity contribution >= 4 is 100 Å². The molecule has 0 heterocycles. The molecule has 17 nitrogen and oxygen atoms in total. The van der Waals surface area contributed by atoms with Crippen LogP contribution in [0.3, 0.4) is 0 Å². The lowest BCUT2D eigenvalue weighted by atomic mass is 9.94. The molecule has 0 saturated heterocycles. The SMILES string of the molecule is O=C1C(S(=O)(=O)O)=Cc2cc(S(=O)(=O)O)ccc2/C1=N/Nc1ccc(Sc2ccc(NC(=O)c3ccc(N/N=C4/C=Cc5c(cccc5S(=O)(=O)O)C4=O)cc3)cc2)cc1. The Morgan fingerprint density at radius 3 is 1.80 bits per heavy atom. The summed E-state index contributed by atoms with van der Waals surface area (Å²) in [5.74, 6) is -2.07. The number of ketones is 2. The van der Waals surface area contributed by atoms with E-state index in [4.69, 9.17) is 0 Å². The van der Waals surface area contributed by atoms with Gasteiger partial charge < -0.3 is 5.32 Å². The Hall–Kier alpha value is -6.59. The van der Waals surface area contributed by atoms with E-state index in [0.717, 1.165) is 28.0 Å². The van der Waals surface area contributed by atoms with Crippen molar-refractivity contribution in [1.29, 1.82) is 0 Å². The second-order valence-corrected chi connectivity index (χ2v) is 18.1.